The van der Waals surface area contributed by atoms with E-state index in [2.05, 4.69) is 15.7 Å². The zero-order valence-electron chi connectivity index (χ0n) is 19.2. The molecule has 2 aromatic rings. The van der Waals surface area contributed by atoms with Crippen molar-refractivity contribution in [2.24, 2.45) is 12.8 Å². The third-order valence-corrected chi connectivity index (χ3v) is 5.84. The van der Waals surface area contributed by atoms with E-state index in [9.17, 15) is 19.2 Å². The normalized spacial score (nSPS) is 18.7. The summed E-state index contributed by atoms with van der Waals surface area (Å²) < 4.78 is 1.45. The van der Waals surface area contributed by atoms with Gasteiger partial charge in [-0.15, -0.1) is 0 Å². The molecule has 1 aromatic carbocycles. The number of aryl methyl sites for hydroxylation is 2. The zero-order chi connectivity index (χ0) is 24.8. The second kappa shape index (κ2) is 10.9. The lowest BCUT2D eigenvalue weighted by atomic mass is 9.95. The standard InChI is InChI=1S/C23H30N6O5/c1-14-10-19(28(2)27-14)23(34)29-9-8-16(25-20(31)13-30)12-18(29)22(33)26-17(21(24)32)11-15-6-4-3-5-7-15/h3-7,10,16-18,30H,8-9,11-13H2,1-2H3,(H2,24,32)(H,25,31)(H,26,33)/t16-,17+,18-/m0/s1. The van der Waals surface area contributed by atoms with Gasteiger partial charge in [-0.1, -0.05) is 30.3 Å². The fraction of sp³-hybridized carbons (Fsp3) is 0.435. The molecule has 0 unspecified atom stereocenters. The maximum atomic E-state index is 13.3. The molecule has 1 fully saturated rings. The monoisotopic (exact) mass is 470 g/mol. The molecule has 1 aromatic heterocycles. The van der Waals surface area contributed by atoms with Gasteiger partial charge in [-0.3, -0.25) is 23.9 Å². The molecule has 3 atom stereocenters. The highest BCUT2D eigenvalue weighted by atomic mass is 16.3. The van der Waals surface area contributed by atoms with E-state index in [1.807, 2.05) is 30.3 Å². The van der Waals surface area contributed by atoms with E-state index in [0.717, 1.165) is 5.56 Å². The Hall–Kier alpha value is -3.73. The molecule has 1 aliphatic rings. The van der Waals surface area contributed by atoms with Crippen LogP contribution in [0, 0.1) is 6.92 Å². The number of aliphatic hydroxyl groups is 1. The van der Waals surface area contributed by atoms with E-state index in [0.29, 0.717) is 17.8 Å². The number of hydrogen-bond acceptors (Lipinski definition) is 6. The Bertz CT molecular complexity index is 1050. The van der Waals surface area contributed by atoms with Crippen molar-refractivity contribution in [2.45, 2.75) is 44.3 Å². The summed E-state index contributed by atoms with van der Waals surface area (Å²) in [4.78, 5) is 51.9. The van der Waals surface area contributed by atoms with E-state index >= 15 is 0 Å². The van der Waals surface area contributed by atoms with Crippen molar-refractivity contribution >= 4 is 23.6 Å². The number of primary amides is 1. The fourth-order valence-electron chi connectivity index (χ4n) is 4.16. The van der Waals surface area contributed by atoms with Gasteiger partial charge in [0.15, 0.2) is 0 Å². The third-order valence-electron chi connectivity index (χ3n) is 5.84. The van der Waals surface area contributed by atoms with Gasteiger partial charge >= 0.3 is 0 Å². The number of piperidine rings is 1. The van der Waals surface area contributed by atoms with Crippen molar-refractivity contribution in [3.05, 3.63) is 53.3 Å². The van der Waals surface area contributed by atoms with Gasteiger partial charge < -0.3 is 26.4 Å². The van der Waals surface area contributed by atoms with Crippen LogP contribution in [0.5, 0.6) is 0 Å². The van der Waals surface area contributed by atoms with Gasteiger partial charge in [-0.2, -0.15) is 5.10 Å². The highest BCUT2D eigenvalue weighted by molar-refractivity contribution is 5.97. The van der Waals surface area contributed by atoms with Crippen LogP contribution >= 0.6 is 0 Å². The molecule has 34 heavy (non-hydrogen) atoms. The van der Waals surface area contributed by atoms with Crippen LogP contribution in [0.1, 0.15) is 34.6 Å². The first-order chi connectivity index (χ1) is 16.2. The average Bonchev–Trinajstić information content (AvgIpc) is 3.16. The van der Waals surface area contributed by atoms with Crippen LogP contribution in [-0.4, -0.2) is 74.7 Å². The molecule has 1 saturated heterocycles. The summed E-state index contributed by atoms with van der Waals surface area (Å²) in [6, 6.07) is 8.41. The maximum Gasteiger partial charge on any atom is 0.272 e. The third kappa shape index (κ3) is 5.98. The van der Waals surface area contributed by atoms with Crippen molar-refractivity contribution < 1.29 is 24.3 Å². The van der Waals surface area contributed by atoms with Crippen LogP contribution in [-0.2, 0) is 27.9 Å². The van der Waals surface area contributed by atoms with E-state index in [4.69, 9.17) is 10.8 Å². The number of carbonyl (C=O) groups is 4. The summed E-state index contributed by atoms with van der Waals surface area (Å²) in [5.74, 6) is -2.19. The molecule has 3 rings (SSSR count). The Labute approximate surface area is 197 Å². The minimum atomic E-state index is -0.974. The summed E-state index contributed by atoms with van der Waals surface area (Å²) in [5, 5.41) is 18.6. The summed E-state index contributed by atoms with van der Waals surface area (Å²) in [5.41, 5.74) is 7.36. The summed E-state index contributed by atoms with van der Waals surface area (Å²) in [7, 11) is 1.65. The van der Waals surface area contributed by atoms with E-state index in [1.54, 1.807) is 20.0 Å². The van der Waals surface area contributed by atoms with Gasteiger partial charge in [0.05, 0.1) is 5.69 Å². The van der Waals surface area contributed by atoms with Gasteiger partial charge in [0.1, 0.15) is 24.4 Å². The molecule has 11 nitrogen and oxygen atoms in total. The lowest BCUT2D eigenvalue weighted by Gasteiger charge is -2.39. The van der Waals surface area contributed by atoms with Gasteiger partial charge in [0.25, 0.3) is 5.91 Å². The van der Waals surface area contributed by atoms with Crippen LogP contribution in [0.3, 0.4) is 0 Å². The molecule has 182 valence electrons. The van der Waals surface area contributed by atoms with Crippen molar-refractivity contribution in [2.75, 3.05) is 13.2 Å². The van der Waals surface area contributed by atoms with E-state index in [1.165, 1.54) is 9.58 Å². The number of likely N-dealkylation sites (tertiary alicyclic amines) is 1. The van der Waals surface area contributed by atoms with Crippen molar-refractivity contribution in [3.8, 4) is 0 Å². The van der Waals surface area contributed by atoms with E-state index < -0.39 is 42.5 Å². The Morgan fingerprint density at radius 1 is 1.24 bits per heavy atom. The second-order valence-electron chi connectivity index (χ2n) is 8.41. The first kappa shape index (κ1) is 24.9. The molecule has 5 N–H and O–H groups in total. The molecule has 11 heteroatoms. The number of aliphatic hydroxyl groups excluding tert-OH is 1. The van der Waals surface area contributed by atoms with Gasteiger partial charge in [0, 0.05) is 26.1 Å². The van der Waals surface area contributed by atoms with Crippen LogP contribution in [0.25, 0.3) is 0 Å². The van der Waals surface area contributed by atoms with E-state index in [-0.39, 0.29) is 25.3 Å². The zero-order valence-corrected chi connectivity index (χ0v) is 19.2. The van der Waals surface area contributed by atoms with Gasteiger partial charge in [0.2, 0.25) is 17.7 Å². The van der Waals surface area contributed by atoms with Crippen molar-refractivity contribution in [1.29, 1.82) is 0 Å². The highest BCUT2D eigenvalue weighted by Crippen LogP contribution is 2.21. The number of rotatable bonds is 8. The summed E-state index contributed by atoms with van der Waals surface area (Å²) >= 11 is 0. The molecule has 1 aliphatic heterocycles. The number of nitrogens with zero attached hydrogens (tertiary/aromatic N) is 3. The smallest absolute Gasteiger partial charge is 0.272 e. The largest absolute Gasteiger partial charge is 0.387 e. The molecule has 0 radical (unpaired) electrons. The Kier molecular flexibility index (Phi) is 8.00. The van der Waals surface area contributed by atoms with Crippen LogP contribution < -0.4 is 16.4 Å². The topological polar surface area (TPSA) is 160 Å². The van der Waals surface area contributed by atoms with Gasteiger partial charge in [-0.25, -0.2) is 0 Å². The Morgan fingerprint density at radius 3 is 2.53 bits per heavy atom. The summed E-state index contributed by atoms with van der Waals surface area (Å²) in [6.07, 6.45) is 0.729. The Balaban J connectivity index is 1.83. The molecule has 0 spiro atoms. The molecular weight excluding hydrogens is 440 g/mol. The quantitative estimate of drug-likeness (QED) is 0.388. The Morgan fingerprint density at radius 2 is 1.94 bits per heavy atom. The van der Waals surface area contributed by atoms with Crippen LogP contribution in [0.4, 0.5) is 0 Å². The summed E-state index contributed by atoms with van der Waals surface area (Å²) in [6.45, 7) is 1.28. The molecule has 0 bridgehead atoms. The van der Waals surface area contributed by atoms with Crippen LogP contribution in [0.2, 0.25) is 0 Å². The number of nitrogens with one attached hydrogen (secondary N) is 2. The first-order valence-corrected chi connectivity index (χ1v) is 11.0. The number of carbonyl (C=O) groups excluding carboxylic acids is 4. The number of hydrogen-bond donors (Lipinski definition) is 4. The SMILES string of the molecule is Cc1cc(C(=O)N2CC[C@H](NC(=O)CO)C[C@H]2C(=O)N[C@H](Cc2ccccc2)C(N)=O)n(C)n1. The first-order valence-electron chi connectivity index (χ1n) is 11.0. The molecular formula is C23H30N6O5. The lowest BCUT2D eigenvalue weighted by Crippen LogP contribution is -2.60. The minimum Gasteiger partial charge on any atom is -0.387 e. The number of nitrogens with two attached hydrogens (primary N) is 1. The minimum absolute atomic E-state index is 0.122. The molecule has 0 saturated carbocycles. The fourth-order valence-corrected chi connectivity index (χ4v) is 4.16. The lowest BCUT2D eigenvalue weighted by molar-refractivity contribution is -0.132. The van der Waals surface area contributed by atoms with Gasteiger partial charge in [-0.05, 0) is 31.4 Å². The highest BCUT2D eigenvalue weighted by Gasteiger charge is 2.39. The predicted octanol–water partition coefficient (Wildman–Crippen LogP) is -0.977. The van der Waals surface area contributed by atoms with Crippen molar-refractivity contribution in [1.82, 2.24) is 25.3 Å². The number of amides is 4. The number of aromatic nitrogens is 2. The molecule has 4 amide bonds. The second-order valence-corrected chi connectivity index (χ2v) is 8.41. The number of benzene rings is 1. The predicted molar refractivity (Wildman–Crippen MR) is 122 cm³/mol. The molecule has 2 heterocycles. The average molecular weight is 471 g/mol. The van der Waals surface area contributed by atoms with Crippen molar-refractivity contribution in [3.63, 3.8) is 0 Å². The maximum absolute atomic E-state index is 13.3. The van der Waals surface area contributed by atoms with Crippen LogP contribution in [0.15, 0.2) is 36.4 Å². The molecule has 0 aliphatic carbocycles.